The van der Waals surface area contributed by atoms with Crippen LogP contribution in [0, 0.1) is 0 Å². The van der Waals surface area contributed by atoms with Gasteiger partial charge in [-0.25, -0.2) is 0 Å². The first-order valence-corrected chi connectivity index (χ1v) is 6.15. The summed E-state index contributed by atoms with van der Waals surface area (Å²) in [5.41, 5.74) is 0. The Bertz CT molecular complexity index is 95.0. The van der Waals surface area contributed by atoms with Gasteiger partial charge in [-0.15, -0.1) is 0 Å². The lowest BCUT2D eigenvalue weighted by Gasteiger charge is -2.04. The fourth-order valence-electron chi connectivity index (χ4n) is 0.552. The molecular formula is C6H12OS3. The molecule has 1 nitrogen and oxygen atoms in total. The summed E-state index contributed by atoms with van der Waals surface area (Å²) in [5.74, 6) is 3.96. The highest BCUT2D eigenvalue weighted by molar-refractivity contribution is 8.08. The van der Waals surface area contributed by atoms with Crippen LogP contribution in [0.15, 0.2) is 0 Å². The highest BCUT2D eigenvalue weighted by Crippen LogP contribution is 2.32. The number of rotatable bonds is 5. The summed E-state index contributed by atoms with van der Waals surface area (Å²) in [7, 11) is 0. The molecule has 4 heteroatoms. The number of hydrogen-bond donors (Lipinski definition) is 2. The summed E-state index contributed by atoms with van der Waals surface area (Å²) in [6, 6.07) is 0. The van der Waals surface area contributed by atoms with Gasteiger partial charge in [0.15, 0.2) is 0 Å². The van der Waals surface area contributed by atoms with Crippen molar-refractivity contribution in [3.8, 4) is 0 Å². The van der Waals surface area contributed by atoms with Gasteiger partial charge in [0.05, 0.1) is 6.10 Å². The molecule has 0 aromatic rings. The van der Waals surface area contributed by atoms with E-state index in [0.29, 0.717) is 5.75 Å². The quantitative estimate of drug-likeness (QED) is 0.508. The van der Waals surface area contributed by atoms with Gasteiger partial charge in [-0.3, -0.25) is 0 Å². The molecule has 2 unspecified atom stereocenters. The van der Waals surface area contributed by atoms with Crippen molar-refractivity contribution >= 4 is 36.2 Å². The van der Waals surface area contributed by atoms with Gasteiger partial charge in [-0.05, 0) is 0 Å². The zero-order valence-electron chi connectivity index (χ0n) is 5.69. The molecule has 1 heterocycles. The lowest BCUT2D eigenvalue weighted by atomic mass is 10.5. The Morgan fingerprint density at radius 3 is 3.00 bits per heavy atom. The third-order valence-corrected chi connectivity index (χ3v) is 4.09. The molecule has 0 radical (unpaired) electrons. The van der Waals surface area contributed by atoms with Crippen molar-refractivity contribution < 1.29 is 5.11 Å². The van der Waals surface area contributed by atoms with Crippen molar-refractivity contribution in [3.05, 3.63) is 0 Å². The third kappa shape index (κ3) is 4.01. The van der Waals surface area contributed by atoms with Crippen molar-refractivity contribution in [2.24, 2.45) is 0 Å². The van der Waals surface area contributed by atoms with Crippen molar-refractivity contribution in [3.63, 3.8) is 0 Å². The van der Waals surface area contributed by atoms with E-state index < -0.39 is 0 Å². The summed E-state index contributed by atoms with van der Waals surface area (Å²) in [6.07, 6.45) is -0.211. The molecule has 1 N–H and O–H groups in total. The second-order valence-corrected chi connectivity index (χ2v) is 5.10. The van der Waals surface area contributed by atoms with Gasteiger partial charge in [0.1, 0.15) is 0 Å². The molecule has 10 heavy (non-hydrogen) atoms. The second-order valence-electron chi connectivity index (χ2n) is 2.33. The predicted octanol–water partition coefficient (Wildman–Crippen LogP) is 1.13. The Hall–Kier alpha value is 1.01. The standard InChI is InChI=1S/C6H12OS3/c7-5(1-8)2-9-3-6-4-10-6/h5-8H,1-4H2. The predicted molar refractivity (Wildman–Crippen MR) is 53.4 cm³/mol. The second kappa shape index (κ2) is 4.80. The van der Waals surface area contributed by atoms with Crippen LogP contribution in [0.4, 0.5) is 0 Å². The topological polar surface area (TPSA) is 20.2 Å². The van der Waals surface area contributed by atoms with Crippen LogP contribution in [-0.2, 0) is 0 Å². The molecule has 1 fully saturated rings. The van der Waals surface area contributed by atoms with E-state index in [2.05, 4.69) is 12.6 Å². The largest absolute Gasteiger partial charge is 0.391 e. The summed E-state index contributed by atoms with van der Waals surface area (Å²) < 4.78 is 0. The van der Waals surface area contributed by atoms with Crippen LogP contribution >= 0.6 is 36.2 Å². The van der Waals surface area contributed by atoms with Crippen LogP contribution in [-0.4, -0.2) is 39.5 Å². The monoisotopic (exact) mass is 196 g/mol. The van der Waals surface area contributed by atoms with Crippen LogP contribution in [0.2, 0.25) is 0 Å². The molecule has 2 atom stereocenters. The summed E-state index contributed by atoms with van der Waals surface area (Å²) in [4.78, 5) is 0. The zero-order valence-corrected chi connectivity index (χ0v) is 8.22. The average Bonchev–Trinajstić information content (AvgIpc) is 2.71. The molecule has 60 valence electrons. The third-order valence-electron chi connectivity index (χ3n) is 1.23. The van der Waals surface area contributed by atoms with E-state index in [4.69, 9.17) is 5.11 Å². The van der Waals surface area contributed by atoms with Crippen molar-refractivity contribution in [2.75, 3.05) is 23.0 Å². The number of aliphatic hydroxyl groups is 1. The minimum Gasteiger partial charge on any atom is -0.391 e. The first kappa shape index (κ1) is 9.10. The first-order valence-electron chi connectivity index (χ1n) is 3.31. The van der Waals surface area contributed by atoms with Crippen molar-refractivity contribution in [1.82, 2.24) is 0 Å². The Morgan fingerprint density at radius 1 is 1.80 bits per heavy atom. The van der Waals surface area contributed by atoms with Crippen molar-refractivity contribution in [2.45, 2.75) is 11.4 Å². The molecule has 0 aromatic carbocycles. The summed E-state index contributed by atoms with van der Waals surface area (Å²) >= 11 is 7.83. The van der Waals surface area contributed by atoms with Crippen LogP contribution in [0.5, 0.6) is 0 Å². The Balaban J connectivity index is 1.83. The van der Waals surface area contributed by atoms with Gasteiger partial charge in [0.25, 0.3) is 0 Å². The van der Waals surface area contributed by atoms with Gasteiger partial charge in [-0.1, -0.05) is 0 Å². The Kier molecular flexibility index (Phi) is 4.37. The minimum atomic E-state index is -0.211. The number of thiol groups is 1. The highest BCUT2D eigenvalue weighted by atomic mass is 32.2. The van der Waals surface area contributed by atoms with Crippen LogP contribution in [0.3, 0.4) is 0 Å². The minimum absolute atomic E-state index is 0.211. The Labute approximate surface area is 75.8 Å². The molecule has 1 aliphatic heterocycles. The normalized spacial score (nSPS) is 26.4. The molecule has 1 aliphatic rings. The molecule has 0 aliphatic carbocycles. The van der Waals surface area contributed by atoms with Gasteiger partial charge >= 0.3 is 0 Å². The molecule has 0 aromatic heterocycles. The van der Waals surface area contributed by atoms with Gasteiger partial charge in [-0.2, -0.15) is 36.2 Å². The van der Waals surface area contributed by atoms with E-state index in [0.717, 1.165) is 11.0 Å². The van der Waals surface area contributed by atoms with Crippen molar-refractivity contribution in [1.29, 1.82) is 0 Å². The number of aliphatic hydroxyl groups excluding tert-OH is 1. The van der Waals surface area contributed by atoms with Gasteiger partial charge in [0, 0.05) is 28.3 Å². The SMILES string of the molecule is OC(CS)CSCC1CS1. The average molecular weight is 196 g/mol. The van der Waals surface area contributed by atoms with E-state index in [-0.39, 0.29) is 6.10 Å². The molecule has 1 rings (SSSR count). The maximum atomic E-state index is 9.09. The fourth-order valence-corrected chi connectivity index (χ4v) is 2.84. The van der Waals surface area contributed by atoms with E-state index in [9.17, 15) is 0 Å². The fraction of sp³-hybridized carbons (Fsp3) is 1.00. The van der Waals surface area contributed by atoms with E-state index in [1.165, 1.54) is 11.5 Å². The molecular weight excluding hydrogens is 184 g/mol. The first-order chi connectivity index (χ1) is 4.83. The van der Waals surface area contributed by atoms with Gasteiger partial charge < -0.3 is 5.11 Å². The summed E-state index contributed by atoms with van der Waals surface area (Å²) in [5, 5.41) is 9.97. The maximum absolute atomic E-state index is 9.09. The molecule has 1 saturated heterocycles. The smallest absolute Gasteiger partial charge is 0.0718 e. The number of thioether (sulfide) groups is 2. The van der Waals surface area contributed by atoms with Crippen LogP contribution < -0.4 is 0 Å². The number of hydrogen-bond acceptors (Lipinski definition) is 4. The lowest BCUT2D eigenvalue weighted by Crippen LogP contribution is -2.12. The highest BCUT2D eigenvalue weighted by Gasteiger charge is 2.21. The molecule has 0 spiro atoms. The van der Waals surface area contributed by atoms with E-state index in [1.54, 1.807) is 0 Å². The lowest BCUT2D eigenvalue weighted by molar-refractivity contribution is 0.225. The Morgan fingerprint density at radius 2 is 2.50 bits per heavy atom. The summed E-state index contributed by atoms with van der Waals surface area (Å²) in [6.45, 7) is 0. The molecule has 0 bridgehead atoms. The van der Waals surface area contributed by atoms with E-state index in [1.807, 2.05) is 23.5 Å². The maximum Gasteiger partial charge on any atom is 0.0718 e. The molecule has 0 saturated carbocycles. The van der Waals surface area contributed by atoms with Crippen LogP contribution in [0.1, 0.15) is 0 Å². The molecule has 0 amide bonds. The zero-order chi connectivity index (χ0) is 7.40. The van der Waals surface area contributed by atoms with Gasteiger partial charge in [0.2, 0.25) is 0 Å². The van der Waals surface area contributed by atoms with Crippen LogP contribution in [0.25, 0.3) is 0 Å². The van der Waals surface area contributed by atoms with E-state index >= 15 is 0 Å².